The molecule has 1 aromatic carbocycles. The number of anilines is 1. The van der Waals surface area contributed by atoms with Crippen LogP contribution in [0.15, 0.2) is 18.2 Å². The van der Waals surface area contributed by atoms with Crippen molar-refractivity contribution in [3.8, 4) is 0 Å². The summed E-state index contributed by atoms with van der Waals surface area (Å²) >= 11 is 4.82. The van der Waals surface area contributed by atoms with Crippen molar-refractivity contribution in [2.24, 2.45) is 11.7 Å². The Kier molecular flexibility index (Phi) is 5.71. The lowest BCUT2D eigenvalue weighted by molar-refractivity contribution is -0.138. The van der Waals surface area contributed by atoms with Crippen LogP contribution in [0.1, 0.15) is 30.9 Å². The quantitative estimate of drug-likeness (QED) is 0.815. The van der Waals surface area contributed by atoms with Crippen LogP contribution in [0.25, 0.3) is 0 Å². The van der Waals surface area contributed by atoms with E-state index < -0.39 is 23.6 Å². The molecule has 1 aromatic rings. The fourth-order valence-electron chi connectivity index (χ4n) is 1.93. The van der Waals surface area contributed by atoms with Crippen LogP contribution < -0.4 is 11.1 Å². The molecular weight excluding hydrogens is 301 g/mol. The molecule has 3 nitrogen and oxygen atoms in total. The number of carbonyl (C=O) groups is 1. The van der Waals surface area contributed by atoms with E-state index >= 15 is 0 Å². The van der Waals surface area contributed by atoms with E-state index in [1.165, 1.54) is 19.1 Å². The Hall–Kier alpha value is -1.63. The van der Waals surface area contributed by atoms with E-state index in [0.717, 1.165) is 6.07 Å². The summed E-state index contributed by atoms with van der Waals surface area (Å²) < 4.78 is 38.5. The first-order chi connectivity index (χ1) is 9.66. The first-order valence-corrected chi connectivity index (χ1v) is 6.85. The van der Waals surface area contributed by atoms with Gasteiger partial charge in [-0.15, -0.1) is 0 Å². The number of hydrogen-bond donors (Lipinski definition) is 2. The van der Waals surface area contributed by atoms with Gasteiger partial charge in [0.15, 0.2) is 0 Å². The van der Waals surface area contributed by atoms with Crippen LogP contribution in [0.4, 0.5) is 18.9 Å². The van der Waals surface area contributed by atoms with Gasteiger partial charge in [0, 0.05) is 5.69 Å². The molecule has 21 heavy (non-hydrogen) atoms. The second kappa shape index (κ2) is 6.89. The molecule has 1 atom stereocenters. The summed E-state index contributed by atoms with van der Waals surface area (Å²) in [5, 5.41) is 2.44. The smallest absolute Gasteiger partial charge is 0.393 e. The Morgan fingerprint density at radius 3 is 2.52 bits per heavy atom. The number of hydrogen-bond acceptors (Lipinski definition) is 2. The maximum Gasteiger partial charge on any atom is 0.416 e. The third-order valence-electron chi connectivity index (χ3n) is 3.05. The van der Waals surface area contributed by atoms with Crippen molar-refractivity contribution in [2.45, 2.75) is 32.9 Å². The third kappa shape index (κ3) is 4.70. The number of rotatable bonds is 5. The van der Waals surface area contributed by atoms with Gasteiger partial charge in [-0.1, -0.05) is 31.6 Å². The molecule has 0 radical (unpaired) electrons. The van der Waals surface area contributed by atoms with Crippen molar-refractivity contribution < 1.29 is 18.0 Å². The Morgan fingerprint density at radius 2 is 2.05 bits per heavy atom. The largest absolute Gasteiger partial charge is 0.416 e. The van der Waals surface area contributed by atoms with Crippen molar-refractivity contribution in [1.29, 1.82) is 0 Å². The molecule has 0 aliphatic carbocycles. The highest BCUT2D eigenvalue weighted by molar-refractivity contribution is 7.80. The van der Waals surface area contributed by atoms with E-state index in [0.29, 0.717) is 12.8 Å². The number of alkyl halides is 3. The maximum absolute atomic E-state index is 12.8. The van der Waals surface area contributed by atoms with E-state index in [2.05, 4.69) is 5.32 Å². The summed E-state index contributed by atoms with van der Waals surface area (Å²) in [5.74, 6) is -1.16. The molecule has 0 bridgehead atoms. The Morgan fingerprint density at radius 1 is 1.43 bits per heavy atom. The number of nitrogens with two attached hydrogens (primary N) is 1. The molecule has 0 heterocycles. The number of aryl methyl sites for hydroxylation is 1. The topological polar surface area (TPSA) is 55.1 Å². The summed E-state index contributed by atoms with van der Waals surface area (Å²) in [6, 6.07) is 3.65. The van der Waals surface area contributed by atoms with Crippen LogP contribution >= 0.6 is 12.2 Å². The highest BCUT2D eigenvalue weighted by Gasteiger charge is 2.32. The van der Waals surface area contributed by atoms with Crippen molar-refractivity contribution in [3.63, 3.8) is 0 Å². The SMILES string of the molecule is CCCC(C(=O)Nc1ccc(C)c(C(F)(F)F)c1)C(N)=S. The van der Waals surface area contributed by atoms with Gasteiger partial charge < -0.3 is 11.1 Å². The molecule has 116 valence electrons. The van der Waals surface area contributed by atoms with Gasteiger partial charge in [-0.25, -0.2) is 0 Å². The number of nitrogens with one attached hydrogen (secondary N) is 1. The summed E-state index contributed by atoms with van der Waals surface area (Å²) in [4.78, 5) is 12.1. The monoisotopic (exact) mass is 318 g/mol. The average Bonchev–Trinajstić information content (AvgIpc) is 2.36. The van der Waals surface area contributed by atoms with Crippen molar-refractivity contribution in [2.75, 3.05) is 5.32 Å². The van der Waals surface area contributed by atoms with Crippen molar-refractivity contribution in [3.05, 3.63) is 29.3 Å². The molecule has 0 saturated carbocycles. The molecule has 0 aliphatic rings. The van der Waals surface area contributed by atoms with E-state index in [1.807, 2.05) is 6.92 Å². The van der Waals surface area contributed by atoms with Gasteiger partial charge in [0.2, 0.25) is 5.91 Å². The lowest BCUT2D eigenvalue weighted by atomic mass is 10.0. The Balaban J connectivity index is 2.98. The van der Waals surface area contributed by atoms with Crippen molar-refractivity contribution in [1.82, 2.24) is 0 Å². The lowest BCUT2D eigenvalue weighted by Crippen LogP contribution is -2.33. The predicted octanol–water partition coefficient (Wildman–Crippen LogP) is 3.65. The first-order valence-electron chi connectivity index (χ1n) is 6.44. The van der Waals surface area contributed by atoms with E-state index in [4.69, 9.17) is 18.0 Å². The molecule has 0 spiro atoms. The molecule has 7 heteroatoms. The molecule has 3 N–H and O–H groups in total. The van der Waals surface area contributed by atoms with Crippen LogP contribution in [-0.2, 0) is 11.0 Å². The first kappa shape index (κ1) is 17.4. The van der Waals surface area contributed by atoms with Gasteiger partial charge in [0.1, 0.15) is 0 Å². The van der Waals surface area contributed by atoms with Gasteiger partial charge in [0.25, 0.3) is 0 Å². The van der Waals surface area contributed by atoms with E-state index in [-0.39, 0.29) is 16.2 Å². The van der Waals surface area contributed by atoms with Gasteiger partial charge in [0.05, 0.1) is 16.5 Å². The normalized spacial score (nSPS) is 12.8. The van der Waals surface area contributed by atoms with E-state index in [9.17, 15) is 18.0 Å². The zero-order valence-corrected chi connectivity index (χ0v) is 12.6. The second-order valence-electron chi connectivity index (χ2n) is 4.76. The van der Waals surface area contributed by atoms with Crippen LogP contribution in [0.5, 0.6) is 0 Å². The molecule has 0 aromatic heterocycles. The zero-order chi connectivity index (χ0) is 16.2. The summed E-state index contributed by atoms with van der Waals surface area (Å²) in [6.45, 7) is 3.23. The summed E-state index contributed by atoms with van der Waals surface area (Å²) in [6.07, 6.45) is -3.31. The Bertz CT molecular complexity index is 544. The molecular formula is C14H17F3N2OS. The zero-order valence-electron chi connectivity index (χ0n) is 11.8. The number of halogens is 3. The highest BCUT2D eigenvalue weighted by Crippen LogP contribution is 2.33. The predicted molar refractivity (Wildman–Crippen MR) is 80.0 cm³/mol. The summed E-state index contributed by atoms with van der Waals surface area (Å²) in [7, 11) is 0. The van der Waals surface area contributed by atoms with Crippen LogP contribution in [0.3, 0.4) is 0 Å². The van der Waals surface area contributed by atoms with Crippen LogP contribution in [0, 0.1) is 12.8 Å². The van der Waals surface area contributed by atoms with Crippen LogP contribution in [-0.4, -0.2) is 10.9 Å². The van der Waals surface area contributed by atoms with Gasteiger partial charge in [-0.2, -0.15) is 13.2 Å². The average molecular weight is 318 g/mol. The fraction of sp³-hybridized carbons (Fsp3) is 0.429. The number of thiocarbonyl (C=S) groups is 1. The maximum atomic E-state index is 12.8. The molecule has 0 fully saturated rings. The van der Waals surface area contributed by atoms with Gasteiger partial charge in [-0.05, 0) is 31.0 Å². The van der Waals surface area contributed by atoms with Crippen LogP contribution in [0.2, 0.25) is 0 Å². The number of benzene rings is 1. The molecule has 1 amide bonds. The van der Waals surface area contributed by atoms with Gasteiger partial charge >= 0.3 is 6.18 Å². The third-order valence-corrected chi connectivity index (χ3v) is 3.33. The molecule has 0 aliphatic heterocycles. The molecule has 1 unspecified atom stereocenters. The van der Waals surface area contributed by atoms with Gasteiger partial charge in [-0.3, -0.25) is 4.79 Å². The minimum absolute atomic E-state index is 0.0394. The van der Waals surface area contributed by atoms with Crippen molar-refractivity contribution >= 4 is 28.8 Å². The Labute approximate surface area is 126 Å². The number of carbonyl (C=O) groups excluding carboxylic acids is 1. The van der Waals surface area contributed by atoms with E-state index in [1.54, 1.807) is 0 Å². The minimum Gasteiger partial charge on any atom is -0.393 e. The number of amides is 1. The summed E-state index contributed by atoms with van der Waals surface area (Å²) in [5.41, 5.74) is 4.89. The highest BCUT2D eigenvalue weighted by atomic mass is 32.1. The minimum atomic E-state index is -4.46. The second-order valence-corrected chi connectivity index (χ2v) is 5.23. The fourth-order valence-corrected chi connectivity index (χ4v) is 2.15. The standard InChI is InChI=1S/C14H17F3N2OS/c1-3-4-10(12(18)21)13(20)19-9-6-5-8(2)11(7-9)14(15,16)17/h5-7,10H,3-4H2,1-2H3,(H2,18,21)(H,19,20). The molecule has 1 rings (SSSR count). The molecule has 0 saturated heterocycles. The lowest BCUT2D eigenvalue weighted by Gasteiger charge is -2.16.